The monoisotopic (exact) mass is 680 g/mol. The van der Waals surface area contributed by atoms with Crippen LogP contribution in [0.15, 0.2) is 0 Å². The van der Waals surface area contributed by atoms with E-state index in [1.54, 1.807) is 0 Å². The molecule has 4 aromatic rings. The molecule has 0 bridgehead atoms. The molecule has 0 aromatic heterocycles. The van der Waals surface area contributed by atoms with E-state index in [2.05, 4.69) is 0 Å². The maximum absolute atomic E-state index is 16.3. The smallest absolute Gasteiger partial charge is 0.241 e. The van der Waals surface area contributed by atoms with E-state index < -0.39 is 144 Å². The maximum atomic E-state index is 16.3. The van der Waals surface area contributed by atoms with Crippen LogP contribution in [0.2, 0.25) is 0 Å². The lowest BCUT2D eigenvalue weighted by Crippen LogP contribution is -2.69. The van der Waals surface area contributed by atoms with Gasteiger partial charge in [0.05, 0.1) is 21.7 Å². The van der Waals surface area contributed by atoms with Gasteiger partial charge >= 0.3 is 17.8 Å². The minimum absolute atomic E-state index is 2.41. The molecule has 45 heavy (non-hydrogen) atoms. The second-order valence-electron chi connectivity index (χ2n) is 9.51. The highest BCUT2D eigenvalue weighted by molar-refractivity contribution is 6.60. The molecule has 0 radical (unpaired) electrons. The lowest BCUT2D eigenvalue weighted by Gasteiger charge is -2.46. The van der Waals surface area contributed by atoms with Gasteiger partial charge in [0.15, 0.2) is 69.6 Å². The topological polar surface area (TPSA) is 0 Å². The van der Waals surface area contributed by atoms with Gasteiger partial charge < -0.3 is 0 Å². The van der Waals surface area contributed by atoms with Crippen molar-refractivity contribution in [3.05, 3.63) is 86.8 Å². The molecule has 4 aromatic carbocycles. The zero-order chi connectivity index (χ0) is 34.3. The van der Waals surface area contributed by atoms with Crippen molar-refractivity contribution in [2.24, 2.45) is 0 Å². The molecular weight excluding hydrogens is 679 g/mol. The number of alkyl halides is 7. The Morgan fingerprint density at radius 3 is 1.09 bits per heavy atom. The van der Waals surface area contributed by atoms with Crippen molar-refractivity contribution in [2.45, 2.75) is 23.3 Å². The van der Waals surface area contributed by atoms with Gasteiger partial charge in [-0.15, -0.1) is 0 Å². The molecule has 0 saturated carbocycles. The molecule has 0 amide bonds. The van der Waals surface area contributed by atoms with E-state index in [4.69, 9.17) is 0 Å². The van der Waals surface area contributed by atoms with Gasteiger partial charge in [-0.2, -0.15) is 26.3 Å². The summed E-state index contributed by atoms with van der Waals surface area (Å²) in [5.74, 6) is -62.6. The van der Waals surface area contributed by atoms with Gasteiger partial charge in [-0.3, -0.25) is 0 Å². The first kappa shape index (κ1) is 32.5. The first-order valence-corrected chi connectivity index (χ1v) is 11.2. The summed E-state index contributed by atoms with van der Waals surface area (Å²) in [5, 5.41) is -10.1. The molecule has 0 nitrogen and oxygen atoms in total. The Balaban J connectivity index is 2.03. The van der Waals surface area contributed by atoms with E-state index in [1.165, 1.54) is 0 Å². The van der Waals surface area contributed by atoms with Gasteiger partial charge in [0.2, 0.25) is 7.28 Å². The first-order valence-electron chi connectivity index (χ1n) is 11.2. The predicted molar refractivity (Wildman–Crippen MR) is 111 cm³/mol. The average Bonchev–Trinajstić information content (AvgIpc) is 2.96. The molecule has 1 atom stereocenters. The van der Waals surface area contributed by atoms with Crippen molar-refractivity contribution in [3.8, 4) is 0 Å². The number of hydrogen-bond donors (Lipinski definition) is 0. The largest absolute Gasteiger partial charge is 0.379 e. The Morgan fingerprint density at radius 2 is 0.644 bits per heavy atom. The van der Waals surface area contributed by atoms with Crippen LogP contribution in [0.4, 0.5) is 87.8 Å². The molecule has 240 valence electrons. The van der Waals surface area contributed by atoms with Crippen LogP contribution in [-0.4, -0.2) is 19.1 Å². The zero-order valence-corrected chi connectivity index (χ0v) is 20.3. The van der Waals surface area contributed by atoms with Crippen LogP contribution in [0.25, 0.3) is 21.5 Å². The van der Waals surface area contributed by atoms with Crippen LogP contribution in [0.1, 0.15) is 11.1 Å². The van der Waals surface area contributed by atoms with Gasteiger partial charge in [0, 0.05) is 10.9 Å². The van der Waals surface area contributed by atoms with Crippen LogP contribution < -0.4 is 5.46 Å². The molecule has 0 aliphatic heterocycles. The maximum Gasteiger partial charge on any atom is 0.379 e. The Bertz CT molecular complexity index is 2020. The number of rotatable bonds is 2. The van der Waals surface area contributed by atoms with Crippen molar-refractivity contribution in [3.63, 3.8) is 0 Å². The number of hydrogen-bond acceptors (Lipinski definition) is 0. The molecule has 0 spiro atoms. The lowest BCUT2D eigenvalue weighted by atomic mass is 9.47. The minimum Gasteiger partial charge on any atom is -0.241 e. The number of fused-ring (bicyclic) bond motifs is 3. The molecule has 0 N–H and O–H groups in total. The first-order chi connectivity index (χ1) is 20.4. The van der Waals surface area contributed by atoms with Crippen molar-refractivity contribution in [1.82, 2.24) is 0 Å². The van der Waals surface area contributed by atoms with Gasteiger partial charge in [0.25, 0.3) is 0 Å². The molecule has 1 unspecified atom stereocenters. The summed E-state index contributed by atoms with van der Waals surface area (Å²) in [6.45, 7) is 0. The van der Waals surface area contributed by atoms with Crippen molar-refractivity contribution < 1.29 is 87.8 Å². The number of halogens is 20. The SMILES string of the molecule is Fc1c(F)c(F)c2c(c1F)C(F)(F)C(F)(F)C(F)(F)C2(F)Bc1c(F)c(F)c(F)c2c(F)c3c(F)c(F)c(F)c(F)c3c(F)c12. The molecule has 0 heterocycles. The van der Waals surface area contributed by atoms with E-state index in [-0.39, 0.29) is 0 Å². The molecule has 0 saturated heterocycles. The highest BCUT2D eigenvalue weighted by Crippen LogP contribution is 2.65. The van der Waals surface area contributed by atoms with Crippen LogP contribution in [0.5, 0.6) is 0 Å². The summed E-state index contributed by atoms with van der Waals surface area (Å²) in [4.78, 5) is 0. The second-order valence-corrected chi connectivity index (χ2v) is 9.51. The molecular formula is C24HBF20. The third-order valence-electron chi connectivity index (χ3n) is 7.25. The Kier molecular flexibility index (Phi) is 6.71. The third kappa shape index (κ3) is 3.54. The Hall–Kier alpha value is -3.94. The van der Waals surface area contributed by atoms with E-state index in [9.17, 15) is 65.9 Å². The Morgan fingerprint density at radius 1 is 0.311 bits per heavy atom. The molecule has 0 fully saturated rings. The highest BCUT2D eigenvalue weighted by atomic mass is 19.3. The van der Waals surface area contributed by atoms with E-state index in [1.807, 2.05) is 0 Å². The predicted octanol–water partition coefficient (Wildman–Crippen LogP) is 8.06. The van der Waals surface area contributed by atoms with E-state index >= 15 is 22.0 Å². The van der Waals surface area contributed by atoms with Crippen LogP contribution in [-0.2, 0) is 11.5 Å². The van der Waals surface area contributed by atoms with E-state index in [0.717, 1.165) is 0 Å². The lowest BCUT2D eigenvalue weighted by molar-refractivity contribution is -0.351. The van der Waals surface area contributed by atoms with Crippen molar-refractivity contribution in [2.75, 3.05) is 0 Å². The molecule has 21 heteroatoms. The molecule has 5 rings (SSSR count). The highest BCUT2D eigenvalue weighted by Gasteiger charge is 2.85. The number of benzene rings is 4. The summed E-state index contributed by atoms with van der Waals surface area (Å²) in [7, 11) is -3.46. The van der Waals surface area contributed by atoms with Gasteiger partial charge in [0.1, 0.15) is 11.6 Å². The van der Waals surface area contributed by atoms with Gasteiger partial charge in [-0.1, -0.05) is 0 Å². The van der Waals surface area contributed by atoms with Crippen molar-refractivity contribution >= 4 is 34.3 Å². The fraction of sp³-hybridized carbons (Fsp3) is 0.167. The fourth-order valence-electron chi connectivity index (χ4n) is 5.12. The summed E-state index contributed by atoms with van der Waals surface area (Å²) in [6, 6.07) is 0. The standard InChI is InChI=1S/C24HBF20/c26-8-1-2(9(27)4-3(8)11(29)17(35)18(36)12(4)30)10(28)16(34)15(33)7(1)25-21(39)5-6(14(32)20(38)19(37)13(5)31)22(40,41)24(44,45)23(21,42)43/h25H. The second kappa shape index (κ2) is 9.30. The van der Waals surface area contributed by atoms with Gasteiger partial charge in [-0.25, -0.2) is 61.5 Å². The normalized spacial score (nSPS) is 20.2. The quantitative estimate of drug-likeness (QED) is 0.0662. The summed E-state index contributed by atoms with van der Waals surface area (Å²) >= 11 is 0. The average molecular weight is 680 g/mol. The van der Waals surface area contributed by atoms with Gasteiger partial charge in [-0.05, 0) is 5.46 Å². The molecule has 1 aliphatic carbocycles. The molecule has 1 aliphatic rings. The summed E-state index contributed by atoms with van der Waals surface area (Å²) < 4.78 is 292. The third-order valence-corrected chi connectivity index (χ3v) is 7.25. The van der Waals surface area contributed by atoms with E-state index in [0.29, 0.717) is 0 Å². The minimum atomic E-state index is -7.34. The summed E-state index contributed by atoms with van der Waals surface area (Å²) in [6.07, 6.45) is 0. The zero-order valence-electron chi connectivity index (χ0n) is 20.3. The summed E-state index contributed by atoms with van der Waals surface area (Å²) in [5.41, 5.74) is -16.2. The Labute approximate surface area is 233 Å². The van der Waals surface area contributed by atoms with Crippen LogP contribution in [0, 0.1) is 75.6 Å². The van der Waals surface area contributed by atoms with Crippen LogP contribution in [0.3, 0.4) is 0 Å². The van der Waals surface area contributed by atoms with Crippen LogP contribution >= 0.6 is 0 Å². The van der Waals surface area contributed by atoms with Crippen molar-refractivity contribution in [1.29, 1.82) is 0 Å². The fourth-order valence-corrected chi connectivity index (χ4v) is 5.12.